The van der Waals surface area contributed by atoms with E-state index in [2.05, 4.69) is 0 Å². The average molecular weight is 276 g/mol. The molecule has 0 aromatic heterocycles. The van der Waals surface area contributed by atoms with Crippen LogP contribution in [-0.2, 0) is 0 Å². The predicted molar refractivity (Wildman–Crippen MR) is 63.5 cm³/mol. The maximum absolute atomic E-state index is 10.8. The van der Waals surface area contributed by atoms with E-state index in [0.29, 0.717) is 6.61 Å². The highest BCUT2D eigenvalue weighted by Gasteiger charge is 2.11. The SMILES string of the molecule is C[N+](C)(C)CCOc1cc(C(=O)O)ccc1O.[Cl-]. The lowest BCUT2D eigenvalue weighted by Gasteiger charge is -2.23. The van der Waals surface area contributed by atoms with E-state index < -0.39 is 5.97 Å². The van der Waals surface area contributed by atoms with Gasteiger partial charge < -0.3 is 31.8 Å². The molecule has 0 heterocycles. The predicted octanol–water partition coefficient (Wildman–Crippen LogP) is -1.82. The normalized spacial score (nSPS) is 10.6. The van der Waals surface area contributed by atoms with E-state index in [9.17, 15) is 9.90 Å². The number of hydrogen-bond donors (Lipinski definition) is 2. The van der Waals surface area contributed by atoms with Crippen molar-refractivity contribution in [1.82, 2.24) is 0 Å². The van der Waals surface area contributed by atoms with Crippen molar-refractivity contribution in [2.24, 2.45) is 0 Å². The second-order valence-electron chi connectivity index (χ2n) is 4.85. The van der Waals surface area contributed by atoms with Crippen molar-refractivity contribution in [2.45, 2.75) is 0 Å². The van der Waals surface area contributed by atoms with Gasteiger partial charge in [0.15, 0.2) is 11.5 Å². The zero-order valence-corrected chi connectivity index (χ0v) is 11.4. The van der Waals surface area contributed by atoms with Crippen molar-refractivity contribution < 1.29 is 36.6 Å². The summed E-state index contributed by atoms with van der Waals surface area (Å²) in [6.45, 7) is 1.18. The molecular weight excluding hydrogens is 258 g/mol. The molecule has 5 nitrogen and oxygen atoms in total. The Bertz CT molecular complexity index is 415. The van der Waals surface area contributed by atoms with Crippen molar-refractivity contribution in [2.75, 3.05) is 34.3 Å². The number of phenolic OH excluding ortho intramolecular Hbond substituents is 1. The van der Waals surface area contributed by atoms with E-state index in [4.69, 9.17) is 9.84 Å². The Morgan fingerprint density at radius 2 is 1.94 bits per heavy atom. The number of quaternary nitrogens is 1. The molecule has 0 unspecified atom stereocenters. The van der Waals surface area contributed by atoms with Crippen LogP contribution in [0.1, 0.15) is 10.4 Å². The standard InChI is InChI=1S/C12H17NO4.ClH/c1-13(2,3)6-7-17-11-8-9(12(15)16)4-5-10(11)14;/h4-5,8H,6-7H2,1-3H3,(H-,14,15,16);1H. The molecule has 0 aliphatic heterocycles. The van der Waals surface area contributed by atoms with Gasteiger partial charge in [-0.3, -0.25) is 0 Å². The molecule has 0 bridgehead atoms. The second kappa shape index (κ2) is 6.47. The van der Waals surface area contributed by atoms with E-state index >= 15 is 0 Å². The Kier molecular flexibility index (Phi) is 5.94. The first kappa shape index (κ1) is 16.5. The summed E-state index contributed by atoms with van der Waals surface area (Å²) in [7, 11) is 6.07. The summed E-state index contributed by atoms with van der Waals surface area (Å²) >= 11 is 0. The molecule has 2 N–H and O–H groups in total. The molecular formula is C12H18ClNO4. The first-order chi connectivity index (χ1) is 7.79. The summed E-state index contributed by atoms with van der Waals surface area (Å²) in [4.78, 5) is 10.8. The Morgan fingerprint density at radius 3 is 2.44 bits per heavy atom. The zero-order chi connectivity index (χ0) is 13.1. The third kappa shape index (κ3) is 5.25. The number of rotatable bonds is 5. The second-order valence-corrected chi connectivity index (χ2v) is 4.85. The topological polar surface area (TPSA) is 66.8 Å². The number of likely N-dealkylation sites (N-methyl/N-ethyl adjacent to an activating group) is 1. The van der Waals surface area contributed by atoms with Crippen molar-refractivity contribution in [1.29, 1.82) is 0 Å². The van der Waals surface area contributed by atoms with Crippen LogP contribution in [0.5, 0.6) is 11.5 Å². The van der Waals surface area contributed by atoms with Crippen molar-refractivity contribution >= 4 is 5.97 Å². The minimum Gasteiger partial charge on any atom is -1.00 e. The molecule has 0 amide bonds. The van der Waals surface area contributed by atoms with Gasteiger partial charge in [0.1, 0.15) is 13.2 Å². The van der Waals surface area contributed by atoms with Crippen LogP contribution >= 0.6 is 0 Å². The summed E-state index contributed by atoms with van der Waals surface area (Å²) in [5.41, 5.74) is 0.100. The number of nitrogens with zero attached hydrogens (tertiary/aromatic N) is 1. The van der Waals surface area contributed by atoms with Gasteiger partial charge in [-0.25, -0.2) is 4.79 Å². The molecule has 102 valence electrons. The molecule has 1 aromatic carbocycles. The minimum absolute atomic E-state index is 0. The summed E-state index contributed by atoms with van der Waals surface area (Å²) in [6, 6.07) is 3.99. The molecule has 0 fully saturated rings. The Morgan fingerprint density at radius 1 is 1.33 bits per heavy atom. The van der Waals surface area contributed by atoms with Crippen LogP contribution in [0.15, 0.2) is 18.2 Å². The van der Waals surface area contributed by atoms with Gasteiger partial charge in [-0.05, 0) is 18.2 Å². The van der Waals surface area contributed by atoms with Crippen molar-refractivity contribution in [3.05, 3.63) is 23.8 Å². The van der Waals surface area contributed by atoms with E-state index in [1.54, 1.807) is 0 Å². The number of phenols is 1. The van der Waals surface area contributed by atoms with Crippen LogP contribution < -0.4 is 17.1 Å². The monoisotopic (exact) mass is 275 g/mol. The first-order valence-corrected chi connectivity index (χ1v) is 5.29. The van der Waals surface area contributed by atoms with Gasteiger partial charge >= 0.3 is 5.97 Å². The van der Waals surface area contributed by atoms with Crippen LogP contribution in [0, 0.1) is 0 Å². The average Bonchev–Trinajstić information content (AvgIpc) is 2.18. The Labute approximate surface area is 113 Å². The van der Waals surface area contributed by atoms with Gasteiger partial charge in [0.25, 0.3) is 0 Å². The molecule has 0 spiro atoms. The lowest BCUT2D eigenvalue weighted by atomic mass is 10.2. The fourth-order valence-corrected chi connectivity index (χ4v) is 1.19. The van der Waals surface area contributed by atoms with E-state index in [0.717, 1.165) is 11.0 Å². The van der Waals surface area contributed by atoms with Gasteiger partial charge in [0.2, 0.25) is 0 Å². The minimum atomic E-state index is -1.04. The fraction of sp³-hybridized carbons (Fsp3) is 0.417. The van der Waals surface area contributed by atoms with Gasteiger partial charge in [-0.1, -0.05) is 0 Å². The largest absolute Gasteiger partial charge is 1.00 e. The molecule has 0 aliphatic rings. The highest BCUT2D eigenvalue weighted by Crippen LogP contribution is 2.26. The van der Waals surface area contributed by atoms with Gasteiger partial charge in [-0.2, -0.15) is 0 Å². The summed E-state index contributed by atoms with van der Waals surface area (Å²) in [5, 5.41) is 18.3. The number of aromatic hydroxyl groups is 1. The van der Waals surface area contributed by atoms with Gasteiger partial charge in [0.05, 0.1) is 26.7 Å². The third-order valence-electron chi connectivity index (χ3n) is 2.23. The van der Waals surface area contributed by atoms with E-state index in [1.165, 1.54) is 18.2 Å². The zero-order valence-electron chi connectivity index (χ0n) is 10.7. The van der Waals surface area contributed by atoms with E-state index in [1.807, 2.05) is 21.1 Å². The van der Waals surface area contributed by atoms with Crippen molar-refractivity contribution in [3.63, 3.8) is 0 Å². The highest BCUT2D eigenvalue weighted by atomic mass is 35.5. The number of aromatic carboxylic acids is 1. The Balaban J connectivity index is 0.00000289. The lowest BCUT2D eigenvalue weighted by molar-refractivity contribution is -0.870. The lowest BCUT2D eigenvalue weighted by Crippen LogP contribution is -3.00. The molecule has 1 rings (SSSR count). The van der Waals surface area contributed by atoms with Crippen LogP contribution in [-0.4, -0.2) is 55.0 Å². The fourth-order valence-electron chi connectivity index (χ4n) is 1.19. The number of ether oxygens (including phenoxy) is 1. The summed E-state index contributed by atoms with van der Waals surface area (Å²) in [5.74, 6) is -0.879. The smallest absolute Gasteiger partial charge is 0.335 e. The van der Waals surface area contributed by atoms with Gasteiger partial charge in [0, 0.05) is 0 Å². The number of carbonyl (C=O) groups is 1. The number of benzene rings is 1. The van der Waals surface area contributed by atoms with Crippen molar-refractivity contribution in [3.8, 4) is 11.5 Å². The summed E-state index contributed by atoms with van der Waals surface area (Å²) < 4.78 is 6.11. The molecule has 1 aromatic rings. The third-order valence-corrected chi connectivity index (χ3v) is 2.23. The quantitative estimate of drug-likeness (QED) is 0.621. The number of carboxylic acids is 1. The van der Waals surface area contributed by atoms with Crippen LogP contribution in [0.2, 0.25) is 0 Å². The van der Waals surface area contributed by atoms with E-state index in [-0.39, 0.29) is 29.5 Å². The number of halogens is 1. The molecule has 6 heteroatoms. The molecule has 0 saturated carbocycles. The molecule has 18 heavy (non-hydrogen) atoms. The maximum atomic E-state index is 10.8. The highest BCUT2D eigenvalue weighted by molar-refractivity contribution is 5.88. The maximum Gasteiger partial charge on any atom is 0.335 e. The number of hydrogen-bond acceptors (Lipinski definition) is 3. The summed E-state index contributed by atoms with van der Waals surface area (Å²) in [6.07, 6.45) is 0. The number of carboxylic acid groups (broad SMARTS) is 1. The molecule has 0 saturated heterocycles. The Hall–Kier alpha value is -1.46. The van der Waals surface area contributed by atoms with Crippen LogP contribution in [0.4, 0.5) is 0 Å². The van der Waals surface area contributed by atoms with Gasteiger partial charge in [-0.15, -0.1) is 0 Å². The van der Waals surface area contributed by atoms with Crippen LogP contribution in [0.25, 0.3) is 0 Å². The first-order valence-electron chi connectivity index (χ1n) is 5.29. The van der Waals surface area contributed by atoms with Crippen LogP contribution in [0.3, 0.4) is 0 Å². The molecule has 0 atom stereocenters. The molecule has 0 aliphatic carbocycles. The molecule has 0 radical (unpaired) electrons.